The van der Waals surface area contributed by atoms with E-state index in [0.29, 0.717) is 24.4 Å². The van der Waals surface area contributed by atoms with Gasteiger partial charge in [-0.2, -0.15) is 13.2 Å². The molecule has 1 N–H and O–H groups in total. The van der Waals surface area contributed by atoms with E-state index in [1.165, 1.54) is 19.2 Å². The van der Waals surface area contributed by atoms with E-state index >= 15 is 0 Å². The van der Waals surface area contributed by atoms with Gasteiger partial charge in [0.05, 0.1) is 13.5 Å². The first-order chi connectivity index (χ1) is 10.9. The van der Waals surface area contributed by atoms with Crippen LogP contribution in [-0.4, -0.2) is 31.0 Å². The number of anilines is 1. The number of para-hydroxylation sites is 1. The van der Waals surface area contributed by atoms with Crippen LogP contribution in [-0.2, 0) is 17.6 Å². The second-order valence-corrected chi connectivity index (χ2v) is 4.80. The largest absolute Gasteiger partial charge is 0.464 e. The number of hydrogen-bond acceptors (Lipinski definition) is 5. The number of aromatic nitrogens is 1. The molecule has 2 rings (SSSR count). The summed E-state index contributed by atoms with van der Waals surface area (Å²) in [5.74, 6) is -0.172. The third-order valence-corrected chi connectivity index (χ3v) is 3.05. The molecule has 0 aliphatic carbocycles. The molecule has 0 saturated carbocycles. The summed E-state index contributed by atoms with van der Waals surface area (Å²) in [6.45, 7) is 0.338. The monoisotopic (exact) mass is 328 g/mol. The second kappa shape index (κ2) is 7.17. The van der Waals surface area contributed by atoms with E-state index in [1.54, 1.807) is 18.2 Å². The Hall–Kier alpha value is -2.51. The second-order valence-electron chi connectivity index (χ2n) is 4.80. The van der Waals surface area contributed by atoms with Crippen LogP contribution in [0.5, 0.6) is 0 Å². The molecule has 0 amide bonds. The SMILES string of the molecule is COC(=O)c1cc(CCNc2ccccc2CC(F)(F)F)on1. The molecule has 0 bridgehead atoms. The van der Waals surface area contributed by atoms with Gasteiger partial charge in [-0.15, -0.1) is 0 Å². The van der Waals surface area contributed by atoms with Gasteiger partial charge in [0.15, 0.2) is 5.69 Å². The predicted octanol–water partition coefficient (Wildman–Crippen LogP) is 3.22. The number of esters is 1. The third kappa shape index (κ3) is 5.01. The minimum Gasteiger partial charge on any atom is -0.464 e. The van der Waals surface area contributed by atoms with E-state index in [-0.39, 0.29) is 11.3 Å². The summed E-state index contributed by atoms with van der Waals surface area (Å²) < 4.78 is 47.0. The molecule has 2 aromatic rings. The lowest BCUT2D eigenvalue weighted by Gasteiger charge is -2.13. The molecule has 0 saturated heterocycles. The first kappa shape index (κ1) is 16.9. The topological polar surface area (TPSA) is 64.4 Å². The minimum atomic E-state index is -4.27. The van der Waals surface area contributed by atoms with Crippen molar-refractivity contribution in [2.24, 2.45) is 0 Å². The maximum absolute atomic E-state index is 12.5. The minimum absolute atomic E-state index is 0.0555. The zero-order valence-corrected chi connectivity index (χ0v) is 12.3. The van der Waals surface area contributed by atoms with E-state index in [2.05, 4.69) is 15.2 Å². The van der Waals surface area contributed by atoms with Crippen molar-refractivity contribution in [3.63, 3.8) is 0 Å². The molecular formula is C15H15F3N2O3. The number of carbonyl (C=O) groups is 1. The van der Waals surface area contributed by atoms with Crippen LogP contribution in [0.15, 0.2) is 34.9 Å². The molecule has 1 aromatic carbocycles. The normalized spacial score (nSPS) is 11.3. The van der Waals surface area contributed by atoms with Crippen LogP contribution >= 0.6 is 0 Å². The molecule has 0 aliphatic rings. The molecule has 1 aromatic heterocycles. The van der Waals surface area contributed by atoms with Crippen LogP contribution in [0.2, 0.25) is 0 Å². The highest BCUT2D eigenvalue weighted by molar-refractivity contribution is 5.86. The molecule has 0 aliphatic heterocycles. The summed E-state index contributed by atoms with van der Waals surface area (Å²) in [6, 6.07) is 7.67. The number of ether oxygens (including phenoxy) is 1. The molecule has 0 radical (unpaired) electrons. The van der Waals surface area contributed by atoms with Crippen molar-refractivity contribution in [2.45, 2.75) is 19.0 Å². The first-order valence-corrected chi connectivity index (χ1v) is 6.81. The highest BCUT2D eigenvalue weighted by atomic mass is 19.4. The Labute approximate surface area is 130 Å². The van der Waals surface area contributed by atoms with Crippen molar-refractivity contribution in [2.75, 3.05) is 19.0 Å². The number of nitrogens with one attached hydrogen (secondary N) is 1. The molecule has 23 heavy (non-hydrogen) atoms. The molecule has 0 spiro atoms. The first-order valence-electron chi connectivity index (χ1n) is 6.81. The average Bonchev–Trinajstić information content (AvgIpc) is 2.95. The number of nitrogens with zero attached hydrogens (tertiary/aromatic N) is 1. The maximum Gasteiger partial charge on any atom is 0.393 e. The lowest BCUT2D eigenvalue weighted by molar-refractivity contribution is -0.127. The third-order valence-electron chi connectivity index (χ3n) is 3.05. The lowest BCUT2D eigenvalue weighted by atomic mass is 10.1. The van der Waals surface area contributed by atoms with Gasteiger partial charge < -0.3 is 14.6 Å². The van der Waals surface area contributed by atoms with Gasteiger partial charge >= 0.3 is 12.1 Å². The van der Waals surface area contributed by atoms with Gasteiger partial charge in [0.25, 0.3) is 0 Å². The average molecular weight is 328 g/mol. The summed E-state index contributed by atoms with van der Waals surface area (Å²) in [4.78, 5) is 11.2. The quantitative estimate of drug-likeness (QED) is 0.825. The number of halogens is 3. The Morgan fingerprint density at radius 1 is 1.35 bits per heavy atom. The van der Waals surface area contributed by atoms with Crippen LogP contribution in [0, 0.1) is 0 Å². The van der Waals surface area contributed by atoms with Gasteiger partial charge in [0, 0.05) is 24.7 Å². The van der Waals surface area contributed by atoms with E-state index in [4.69, 9.17) is 4.52 Å². The van der Waals surface area contributed by atoms with Crippen LogP contribution in [0.1, 0.15) is 21.8 Å². The smallest absolute Gasteiger partial charge is 0.393 e. The number of methoxy groups -OCH3 is 1. The molecule has 124 valence electrons. The predicted molar refractivity (Wildman–Crippen MR) is 76.2 cm³/mol. The molecule has 8 heteroatoms. The Kier molecular flexibility index (Phi) is 5.25. The van der Waals surface area contributed by atoms with E-state index in [9.17, 15) is 18.0 Å². The molecule has 1 heterocycles. The Morgan fingerprint density at radius 3 is 2.78 bits per heavy atom. The fraction of sp³-hybridized carbons (Fsp3) is 0.333. The van der Waals surface area contributed by atoms with Crippen molar-refractivity contribution in [1.82, 2.24) is 5.16 Å². The van der Waals surface area contributed by atoms with Gasteiger partial charge in [-0.1, -0.05) is 23.4 Å². The number of benzene rings is 1. The molecule has 0 fully saturated rings. The summed E-state index contributed by atoms with van der Waals surface area (Å²) in [6.07, 6.45) is -4.90. The Bertz CT molecular complexity index is 668. The Balaban J connectivity index is 1.94. The summed E-state index contributed by atoms with van der Waals surface area (Å²) in [5, 5.41) is 6.49. The summed E-state index contributed by atoms with van der Waals surface area (Å²) >= 11 is 0. The van der Waals surface area contributed by atoms with Crippen LogP contribution in [0.3, 0.4) is 0 Å². The molecular weight excluding hydrogens is 313 g/mol. The van der Waals surface area contributed by atoms with Crippen molar-refractivity contribution < 1.29 is 27.2 Å². The van der Waals surface area contributed by atoms with Gasteiger partial charge in [-0.05, 0) is 11.6 Å². The highest BCUT2D eigenvalue weighted by Gasteiger charge is 2.28. The number of alkyl halides is 3. The molecule has 0 atom stereocenters. The van der Waals surface area contributed by atoms with Crippen LogP contribution in [0.4, 0.5) is 18.9 Å². The number of carbonyl (C=O) groups excluding carboxylic acids is 1. The summed E-state index contributed by atoms with van der Waals surface area (Å²) in [5.41, 5.74) is 0.644. The van der Waals surface area contributed by atoms with Crippen LogP contribution in [0.25, 0.3) is 0 Å². The van der Waals surface area contributed by atoms with E-state index in [1.807, 2.05) is 0 Å². The lowest BCUT2D eigenvalue weighted by Crippen LogP contribution is -2.14. The highest BCUT2D eigenvalue weighted by Crippen LogP contribution is 2.26. The van der Waals surface area contributed by atoms with Gasteiger partial charge in [-0.25, -0.2) is 4.79 Å². The fourth-order valence-electron chi connectivity index (χ4n) is 2.01. The zero-order chi connectivity index (χ0) is 16.9. The van der Waals surface area contributed by atoms with Crippen molar-refractivity contribution in [3.8, 4) is 0 Å². The van der Waals surface area contributed by atoms with Crippen molar-refractivity contribution >= 4 is 11.7 Å². The van der Waals surface area contributed by atoms with E-state index < -0.39 is 18.6 Å². The van der Waals surface area contributed by atoms with Gasteiger partial charge in [-0.3, -0.25) is 0 Å². The number of hydrogen-bond donors (Lipinski definition) is 1. The van der Waals surface area contributed by atoms with Crippen molar-refractivity contribution in [1.29, 1.82) is 0 Å². The van der Waals surface area contributed by atoms with Gasteiger partial charge in [0.2, 0.25) is 0 Å². The van der Waals surface area contributed by atoms with Crippen molar-refractivity contribution in [3.05, 3.63) is 47.3 Å². The van der Waals surface area contributed by atoms with Gasteiger partial charge in [0.1, 0.15) is 5.76 Å². The zero-order valence-electron chi connectivity index (χ0n) is 12.3. The van der Waals surface area contributed by atoms with Crippen LogP contribution < -0.4 is 5.32 Å². The Morgan fingerprint density at radius 2 is 2.09 bits per heavy atom. The standard InChI is InChI=1S/C15H15F3N2O3/c1-22-14(21)13-8-11(23-20-13)6-7-19-12-5-3-2-4-10(12)9-15(16,17)18/h2-5,8,19H,6-7,9H2,1H3. The molecule has 0 unspecified atom stereocenters. The number of rotatable bonds is 6. The fourth-order valence-corrected chi connectivity index (χ4v) is 2.01. The maximum atomic E-state index is 12.5. The summed E-state index contributed by atoms with van der Waals surface area (Å²) in [7, 11) is 1.23. The molecule has 5 nitrogen and oxygen atoms in total. The van der Waals surface area contributed by atoms with E-state index in [0.717, 1.165) is 0 Å².